The third-order valence-electron chi connectivity index (χ3n) is 3.67. The fourth-order valence-electron chi connectivity index (χ4n) is 2.41. The molecule has 136 valence electrons. The molecule has 0 unspecified atom stereocenters. The molecule has 1 heterocycles. The monoisotopic (exact) mass is 461 g/mol. The highest BCUT2D eigenvalue weighted by atomic mass is 79.9. The predicted octanol–water partition coefficient (Wildman–Crippen LogP) is 5.35. The van der Waals surface area contributed by atoms with Crippen molar-refractivity contribution in [2.75, 3.05) is 6.54 Å². The molecular formula is C20H13BrClNO3S. The summed E-state index contributed by atoms with van der Waals surface area (Å²) in [6, 6.07) is 13.2. The first kappa shape index (κ1) is 19.6. The van der Waals surface area contributed by atoms with Crippen molar-refractivity contribution in [2.45, 2.75) is 6.61 Å². The van der Waals surface area contributed by atoms with E-state index in [1.807, 2.05) is 30.3 Å². The number of imide groups is 1. The van der Waals surface area contributed by atoms with Crippen molar-refractivity contribution in [2.24, 2.45) is 0 Å². The van der Waals surface area contributed by atoms with Gasteiger partial charge in [0.15, 0.2) is 5.75 Å². The lowest BCUT2D eigenvalue weighted by Crippen LogP contribution is -2.28. The first-order valence-electron chi connectivity index (χ1n) is 7.84. The van der Waals surface area contributed by atoms with E-state index < -0.39 is 5.91 Å². The Labute approximate surface area is 174 Å². The highest BCUT2D eigenvalue weighted by Crippen LogP contribution is 2.37. The maximum absolute atomic E-state index is 12.3. The van der Waals surface area contributed by atoms with Gasteiger partial charge in [-0.3, -0.25) is 14.5 Å². The van der Waals surface area contributed by atoms with Crippen molar-refractivity contribution in [3.8, 4) is 18.1 Å². The molecule has 2 amide bonds. The highest BCUT2D eigenvalue weighted by molar-refractivity contribution is 9.10. The van der Waals surface area contributed by atoms with E-state index in [0.717, 1.165) is 22.2 Å². The smallest absolute Gasteiger partial charge is 0.294 e. The number of hydrogen-bond acceptors (Lipinski definition) is 4. The number of halogens is 2. The van der Waals surface area contributed by atoms with Gasteiger partial charge in [-0.1, -0.05) is 47.9 Å². The average Bonchev–Trinajstić information content (AvgIpc) is 2.90. The lowest BCUT2D eigenvalue weighted by Gasteiger charge is -2.11. The van der Waals surface area contributed by atoms with Crippen molar-refractivity contribution < 1.29 is 14.3 Å². The number of terminal acetylenes is 1. The van der Waals surface area contributed by atoms with Gasteiger partial charge < -0.3 is 4.74 Å². The van der Waals surface area contributed by atoms with Crippen LogP contribution in [0.25, 0.3) is 6.08 Å². The van der Waals surface area contributed by atoms with Crippen molar-refractivity contribution in [3.05, 3.63) is 68.0 Å². The van der Waals surface area contributed by atoms with Crippen LogP contribution in [0, 0.1) is 12.3 Å². The normalized spacial score (nSPS) is 15.3. The number of rotatable bonds is 5. The van der Waals surface area contributed by atoms with E-state index in [0.29, 0.717) is 32.3 Å². The Morgan fingerprint density at radius 2 is 2.00 bits per heavy atom. The second-order valence-corrected chi connectivity index (χ2v) is 7.81. The number of amides is 2. The molecule has 0 bridgehead atoms. The van der Waals surface area contributed by atoms with Crippen molar-refractivity contribution in [1.29, 1.82) is 0 Å². The molecule has 4 nitrogen and oxygen atoms in total. The number of carbonyl (C=O) groups excluding carboxylic acids is 2. The number of nitrogens with zero attached hydrogens (tertiary/aromatic N) is 1. The molecule has 1 fully saturated rings. The zero-order valence-electron chi connectivity index (χ0n) is 13.9. The fraction of sp³-hybridized carbons (Fsp3) is 0.100. The van der Waals surface area contributed by atoms with E-state index in [-0.39, 0.29) is 11.8 Å². The molecule has 27 heavy (non-hydrogen) atoms. The summed E-state index contributed by atoms with van der Waals surface area (Å²) in [4.78, 5) is 25.5. The Balaban J connectivity index is 1.80. The number of thioether (sulfide) groups is 1. The second kappa shape index (κ2) is 8.66. The maximum Gasteiger partial charge on any atom is 0.294 e. The van der Waals surface area contributed by atoms with Crippen LogP contribution in [0.15, 0.2) is 51.8 Å². The van der Waals surface area contributed by atoms with E-state index in [1.54, 1.807) is 18.2 Å². The van der Waals surface area contributed by atoms with E-state index in [9.17, 15) is 9.59 Å². The van der Waals surface area contributed by atoms with Gasteiger partial charge in [-0.15, -0.1) is 6.42 Å². The molecule has 1 aliphatic heterocycles. The SMILES string of the molecule is C#CCN1C(=O)S/C(=C/c2cc(Cl)c(OCc3ccccc3)c(Br)c2)C1=O. The summed E-state index contributed by atoms with van der Waals surface area (Å²) in [5.74, 6) is 2.42. The van der Waals surface area contributed by atoms with Crippen LogP contribution in [-0.4, -0.2) is 22.6 Å². The van der Waals surface area contributed by atoms with Crippen LogP contribution in [0.2, 0.25) is 5.02 Å². The molecule has 3 rings (SSSR count). The Hall–Kier alpha value is -2.20. The van der Waals surface area contributed by atoms with Gasteiger partial charge in [0.25, 0.3) is 11.1 Å². The van der Waals surface area contributed by atoms with Crippen molar-refractivity contribution in [1.82, 2.24) is 4.90 Å². The quantitative estimate of drug-likeness (QED) is 0.444. The lowest BCUT2D eigenvalue weighted by molar-refractivity contribution is -0.122. The third-order valence-corrected chi connectivity index (χ3v) is 5.44. The molecule has 0 aromatic heterocycles. The average molecular weight is 463 g/mol. The van der Waals surface area contributed by atoms with Crippen LogP contribution < -0.4 is 4.74 Å². The number of carbonyl (C=O) groups is 2. The Bertz CT molecular complexity index is 946. The lowest BCUT2D eigenvalue weighted by atomic mass is 10.2. The van der Waals surface area contributed by atoms with Crippen LogP contribution in [0.3, 0.4) is 0 Å². The van der Waals surface area contributed by atoms with Gasteiger partial charge in [-0.25, -0.2) is 0 Å². The first-order valence-corrected chi connectivity index (χ1v) is 9.83. The molecule has 1 aliphatic rings. The molecule has 2 aromatic carbocycles. The summed E-state index contributed by atoms with van der Waals surface area (Å²) in [6.45, 7) is 0.336. The van der Waals surface area contributed by atoms with E-state index >= 15 is 0 Å². The zero-order chi connectivity index (χ0) is 19.4. The third kappa shape index (κ3) is 4.56. The summed E-state index contributed by atoms with van der Waals surface area (Å²) in [7, 11) is 0. The Kier molecular flexibility index (Phi) is 6.27. The van der Waals surface area contributed by atoms with E-state index in [1.165, 1.54) is 0 Å². The van der Waals surface area contributed by atoms with Crippen molar-refractivity contribution >= 4 is 56.5 Å². The molecule has 2 aromatic rings. The van der Waals surface area contributed by atoms with Gasteiger partial charge in [0.1, 0.15) is 6.61 Å². The minimum absolute atomic E-state index is 0.0429. The van der Waals surface area contributed by atoms with Gasteiger partial charge >= 0.3 is 0 Å². The topological polar surface area (TPSA) is 46.6 Å². The zero-order valence-corrected chi connectivity index (χ0v) is 17.1. The molecule has 0 radical (unpaired) electrons. The van der Waals surface area contributed by atoms with Crippen LogP contribution in [0.1, 0.15) is 11.1 Å². The van der Waals surface area contributed by atoms with Gasteiger partial charge in [-0.05, 0) is 57.0 Å². The van der Waals surface area contributed by atoms with Gasteiger partial charge in [0.05, 0.1) is 20.9 Å². The molecule has 0 atom stereocenters. The number of ether oxygens (including phenoxy) is 1. The van der Waals surface area contributed by atoms with Crippen LogP contribution in [0.4, 0.5) is 4.79 Å². The molecule has 0 N–H and O–H groups in total. The minimum Gasteiger partial charge on any atom is -0.486 e. The molecule has 0 saturated carbocycles. The highest BCUT2D eigenvalue weighted by Gasteiger charge is 2.34. The summed E-state index contributed by atoms with van der Waals surface area (Å²) in [5.41, 5.74) is 1.69. The van der Waals surface area contributed by atoms with Crippen molar-refractivity contribution in [3.63, 3.8) is 0 Å². The van der Waals surface area contributed by atoms with E-state index in [4.69, 9.17) is 22.8 Å². The predicted molar refractivity (Wildman–Crippen MR) is 111 cm³/mol. The second-order valence-electron chi connectivity index (χ2n) is 5.56. The summed E-state index contributed by atoms with van der Waals surface area (Å²) in [5, 5.41) is 0.0200. The Morgan fingerprint density at radius 3 is 2.67 bits per heavy atom. The van der Waals surface area contributed by atoms with Gasteiger partial charge in [0, 0.05) is 0 Å². The molecular weight excluding hydrogens is 450 g/mol. The van der Waals surface area contributed by atoms with Gasteiger partial charge in [-0.2, -0.15) is 0 Å². The van der Waals surface area contributed by atoms with Crippen LogP contribution >= 0.6 is 39.3 Å². The summed E-state index contributed by atoms with van der Waals surface area (Å²) < 4.78 is 6.46. The van der Waals surface area contributed by atoms with Crippen LogP contribution in [-0.2, 0) is 11.4 Å². The standard InChI is InChI=1S/C20H13BrClNO3S/c1-2-8-23-19(24)17(27-20(23)25)11-14-9-15(21)18(16(22)10-14)26-12-13-6-4-3-5-7-13/h1,3-7,9-11H,8,12H2/b17-11+. The van der Waals surface area contributed by atoms with Crippen LogP contribution in [0.5, 0.6) is 5.75 Å². The van der Waals surface area contributed by atoms with Gasteiger partial charge in [0.2, 0.25) is 0 Å². The van der Waals surface area contributed by atoms with E-state index in [2.05, 4.69) is 21.9 Å². The Morgan fingerprint density at radius 1 is 1.26 bits per heavy atom. The fourth-order valence-corrected chi connectivity index (χ4v) is 4.24. The molecule has 0 spiro atoms. The maximum atomic E-state index is 12.3. The minimum atomic E-state index is -0.403. The number of benzene rings is 2. The molecule has 7 heteroatoms. The molecule has 0 aliphatic carbocycles. The summed E-state index contributed by atoms with van der Waals surface area (Å²) in [6.07, 6.45) is 6.81. The first-order chi connectivity index (χ1) is 13.0. The largest absolute Gasteiger partial charge is 0.486 e. The molecule has 1 saturated heterocycles. The summed E-state index contributed by atoms with van der Waals surface area (Å²) >= 11 is 10.7. The number of hydrogen-bond donors (Lipinski definition) is 0.